The van der Waals surface area contributed by atoms with Gasteiger partial charge in [0, 0.05) is 68.3 Å². The van der Waals surface area contributed by atoms with Crippen LogP contribution >= 0.6 is 15.6 Å². The number of aromatic nitrogens is 4. The minimum Gasteiger partial charge on any atom is -0.453 e. The molecule has 2 aromatic carbocycles. The molecule has 1 unspecified atom stereocenters. The number of aliphatic hydroxyl groups is 1. The highest BCUT2D eigenvalue weighted by Gasteiger charge is 2.51. The molecule has 3 amide bonds. The Morgan fingerprint density at radius 2 is 1.68 bits per heavy atom. The topological polar surface area (TPSA) is 457 Å². The minimum atomic E-state index is -5.55. The molecule has 0 radical (unpaired) electrons. The zero-order valence-electron chi connectivity index (χ0n) is 41.5. The van der Waals surface area contributed by atoms with Gasteiger partial charge in [-0.25, -0.2) is 18.5 Å². The molecule has 1 fully saturated rings. The van der Waals surface area contributed by atoms with Gasteiger partial charge in [0.15, 0.2) is 39.7 Å². The number of ether oxygens (including phenoxy) is 2. The normalized spacial score (nSPS) is 18.1. The molecule has 3 aliphatic rings. The van der Waals surface area contributed by atoms with Gasteiger partial charge in [-0.05, 0) is 56.2 Å². The summed E-state index contributed by atoms with van der Waals surface area (Å²) in [6.07, 6.45) is -6.71. The molecule has 35 heteroatoms. The maximum atomic E-state index is 14.3. The molecule has 0 bridgehead atoms. The summed E-state index contributed by atoms with van der Waals surface area (Å²) in [7, 11) is -18.4. The summed E-state index contributed by atoms with van der Waals surface area (Å²) in [6.45, 7) is 2.03. The third kappa shape index (κ3) is 13.1. The SMILES string of the molecule is CCN=c1ccc2c(-c3ccccc3C(=O)N(C)CCCC(=O)NCCNC(=O)O[C@H]3[C@@H](O)[C@H]([n+]4cn(C)c5c(=O)[nH]c(N)nc54)O[C@@H]3COP(=O)(O)OP(=O)(O)O)c3ccc(NCC)c(S(=O)(=O)O)c3oc-2c1S(=O)(=O)O. The van der Waals surface area contributed by atoms with Crippen LogP contribution in [0.2, 0.25) is 0 Å². The van der Waals surface area contributed by atoms with E-state index in [1.54, 1.807) is 26.0 Å². The van der Waals surface area contributed by atoms with Crippen molar-refractivity contribution in [1.82, 2.24) is 30.1 Å². The number of hydrogen-bond donors (Lipinski definition) is 11. The maximum absolute atomic E-state index is 14.3. The number of nitrogens with two attached hydrogens (primary N) is 1. The predicted molar refractivity (Wildman–Crippen MR) is 270 cm³/mol. The molecular weight excluding hydrogens is 1120 g/mol. The van der Waals surface area contributed by atoms with Crippen molar-refractivity contribution in [2.45, 2.75) is 61.0 Å². The molecule has 4 heterocycles. The van der Waals surface area contributed by atoms with E-state index in [-0.39, 0.29) is 101 Å². The Morgan fingerprint density at radius 1 is 0.987 bits per heavy atom. The average molecular weight is 1170 g/mol. The number of nitrogen functional groups attached to an aromatic ring is 1. The van der Waals surface area contributed by atoms with Crippen molar-refractivity contribution in [2.75, 3.05) is 57.4 Å². The maximum Gasteiger partial charge on any atom is 0.481 e. The molecule has 1 aliphatic carbocycles. The fraction of sp³-hybridized carbons (Fsp3) is 0.372. The molecule has 2 aliphatic heterocycles. The van der Waals surface area contributed by atoms with Crippen LogP contribution in [0.25, 0.3) is 44.6 Å². The second kappa shape index (κ2) is 23.3. The second-order valence-electron chi connectivity index (χ2n) is 17.2. The van der Waals surface area contributed by atoms with Crippen molar-refractivity contribution in [3.8, 4) is 22.5 Å². The molecule has 5 atom stereocenters. The van der Waals surface area contributed by atoms with Gasteiger partial charge in [0.1, 0.15) is 6.10 Å². The lowest BCUT2D eigenvalue weighted by atomic mass is 9.90. The molecule has 12 N–H and O–H groups in total. The van der Waals surface area contributed by atoms with E-state index >= 15 is 0 Å². The van der Waals surface area contributed by atoms with Crippen molar-refractivity contribution >= 4 is 87.6 Å². The molecule has 4 aromatic rings. The molecule has 0 spiro atoms. The number of nitrogens with zero attached hydrogens (tertiary/aromatic N) is 5. The van der Waals surface area contributed by atoms with Crippen molar-refractivity contribution in [2.24, 2.45) is 12.0 Å². The van der Waals surface area contributed by atoms with Gasteiger partial charge in [-0.1, -0.05) is 23.2 Å². The highest BCUT2D eigenvalue weighted by molar-refractivity contribution is 7.86. The second-order valence-corrected chi connectivity index (χ2v) is 22.8. The number of alkyl carbamates (subject to hydrolysis) is 1. The van der Waals surface area contributed by atoms with Gasteiger partial charge in [0.2, 0.25) is 17.7 Å². The van der Waals surface area contributed by atoms with Crippen molar-refractivity contribution in [3.05, 3.63) is 76.1 Å². The predicted octanol–water partition coefficient (Wildman–Crippen LogP) is 0.743. The number of fused-ring (bicyclic) bond motifs is 3. The Hall–Kier alpha value is -6.71. The fourth-order valence-corrected chi connectivity index (χ4v) is 11.9. The van der Waals surface area contributed by atoms with Gasteiger partial charge in [0.05, 0.1) is 24.7 Å². The average Bonchev–Trinajstić information content (AvgIpc) is 3.94. The number of carbonyl (C=O) groups is 3. The monoisotopic (exact) mass is 1170 g/mol. The van der Waals surface area contributed by atoms with E-state index in [0.29, 0.717) is 0 Å². The van der Waals surface area contributed by atoms with E-state index in [4.69, 9.17) is 29.4 Å². The van der Waals surface area contributed by atoms with Crippen LogP contribution in [0.1, 0.15) is 43.3 Å². The fourth-order valence-electron chi connectivity index (χ4n) is 8.68. The highest BCUT2D eigenvalue weighted by atomic mass is 32.2. The minimum absolute atomic E-state index is 0.00361. The Labute approximate surface area is 441 Å². The largest absolute Gasteiger partial charge is 0.481 e. The lowest BCUT2D eigenvalue weighted by molar-refractivity contribution is -0.745. The number of carbonyl (C=O) groups excluding carboxylic acids is 3. The van der Waals surface area contributed by atoms with E-state index < -0.39 is 112 Å². The number of imidazole rings is 1. The third-order valence-electron chi connectivity index (χ3n) is 11.8. The number of phosphoric ester groups is 1. The number of hydrogen-bond acceptors (Lipinski definition) is 20. The van der Waals surface area contributed by atoms with Crippen LogP contribution in [0.5, 0.6) is 0 Å². The standard InChI is InChI=1S/C43H52N10O21P2S2/c1-5-45-26-15-13-24-30(25-14-16-27(46-6-2)37(78(67,68)69)34(25)72-33(24)36(26)77(64,65)66)22-10-7-8-11-23(22)40(57)51(3)19-9-12-29(54)47-17-18-48-43(58)73-35-28(20-70-76(62,63)74-75(59,60)61)71-41(32(35)55)53-21-52(4)31-38(53)49-42(44)50-39(31)56/h7-8,10-11,13-16,21,28,32,35,41,55H,5-6,9,12,17-20H2,1-4H3,(H10-,44,45,46,47,48,49,50,54,56,58,59,60,61,62,63,64,65,66,67,68,69)/p+1/t28-,32-,35-,41-/m1/s1. The molecule has 78 heavy (non-hydrogen) atoms. The summed E-state index contributed by atoms with van der Waals surface area (Å²) < 4.78 is 125. The van der Waals surface area contributed by atoms with Crippen LogP contribution in [-0.2, 0) is 59.5 Å². The highest BCUT2D eigenvalue weighted by Crippen LogP contribution is 2.58. The van der Waals surface area contributed by atoms with E-state index in [0.717, 1.165) is 4.57 Å². The molecule has 7 rings (SSSR count). The molecule has 31 nitrogen and oxygen atoms in total. The van der Waals surface area contributed by atoms with Gasteiger partial charge in [0.25, 0.3) is 37.7 Å². The van der Waals surface area contributed by atoms with Crippen molar-refractivity contribution in [1.29, 1.82) is 0 Å². The number of H-pyrrole nitrogens is 1. The van der Waals surface area contributed by atoms with Gasteiger partial charge in [-0.15, -0.1) is 0 Å². The van der Waals surface area contributed by atoms with Gasteiger partial charge < -0.3 is 60.3 Å². The molecule has 1 saturated heterocycles. The summed E-state index contributed by atoms with van der Waals surface area (Å²) >= 11 is 0. The summed E-state index contributed by atoms with van der Waals surface area (Å²) in [5, 5.41) is 19.0. The van der Waals surface area contributed by atoms with Crippen molar-refractivity contribution in [3.63, 3.8) is 0 Å². The van der Waals surface area contributed by atoms with Crippen LogP contribution in [-0.4, -0.2) is 148 Å². The first-order chi connectivity index (χ1) is 36.5. The number of aryl methyl sites for hydroxylation is 1. The van der Waals surface area contributed by atoms with Gasteiger partial charge in [-0.3, -0.25) is 42.6 Å². The number of rotatable bonds is 21. The third-order valence-corrected chi connectivity index (χ3v) is 15.8. The number of aromatic amines is 1. The van der Waals surface area contributed by atoms with E-state index in [1.165, 1.54) is 66.3 Å². The molecule has 0 saturated carbocycles. The number of phosphoric acid groups is 2. The molecular formula is C43H53N10O21P2S2+. The summed E-state index contributed by atoms with van der Waals surface area (Å²) in [6, 6.07) is 11.7. The van der Waals surface area contributed by atoms with Crippen LogP contribution in [0.15, 0.2) is 78.9 Å². The zero-order valence-corrected chi connectivity index (χ0v) is 44.9. The van der Waals surface area contributed by atoms with Crippen LogP contribution in [0.4, 0.5) is 16.4 Å². The number of amides is 3. The summed E-state index contributed by atoms with van der Waals surface area (Å²) in [5.74, 6) is -1.94. The Kier molecular flexibility index (Phi) is 17.6. The number of aliphatic hydroxyl groups excluding tert-OH is 1. The van der Waals surface area contributed by atoms with E-state index in [9.17, 15) is 64.2 Å². The quantitative estimate of drug-likeness (QED) is 0.0156. The van der Waals surface area contributed by atoms with Crippen molar-refractivity contribution < 1.29 is 96.5 Å². The Morgan fingerprint density at radius 3 is 2.35 bits per heavy atom. The summed E-state index contributed by atoms with van der Waals surface area (Å²) in [4.78, 5) is 91.1. The Balaban J connectivity index is 1.02. The lowest BCUT2D eigenvalue weighted by Gasteiger charge is -2.23. The zero-order chi connectivity index (χ0) is 57.2. The van der Waals surface area contributed by atoms with Crippen LogP contribution < -0.4 is 37.2 Å². The first kappa shape index (κ1) is 59.0. The molecule has 422 valence electrons. The number of nitrogens with one attached hydrogen (secondary N) is 4. The molecule has 2 aromatic heterocycles. The van der Waals surface area contributed by atoms with Gasteiger partial charge >= 0.3 is 27.4 Å². The number of anilines is 2. The van der Waals surface area contributed by atoms with Crippen LogP contribution in [0, 0.1) is 0 Å². The first-order valence-electron chi connectivity index (χ1n) is 23.2. The smallest absolute Gasteiger partial charge is 0.453 e. The lowest BCUT2D eigenvalue weighted by Crippen LogP contribution is -2.47. The van der Waals surface area contributed by atoms with Gasteiger partial charge in [-0.2, -0.15) is 21.1 Å². The first-order valence-corrected chi connectivity index (χ1v) is 29.1. The Bertz CT molecular complexity index is 3750. The van der Waals surface area contributed by atoms with E-state index in [1.807, 2.05) is 0 Å². The number of benzene rings is 3. The summed E-state index contributed by atoms with van der Waals surface area (Å²) in [5.41, 5.74) is 4.64. The van der Waals surface area contributed by atoms with E-state index in [2.05, 4.69) is 39.7 Å². The van der Waals surface area contributed by atoms with Crippen LogP contribution in [0.3, 0.4) is 0 Å².